The van der Waals surface area contributed by atoms with Crippen LogP contribution in [0.25, 0.3) is 0 Å². The third-order valence-electron chi connectivity index (χ3n) is 3.73. The summed E-state index contributed by atoms with van der Waals surface area (Å²) in [4.78, 5) is 2.24. The Hall–Kier alpha value is -2.54. The number of nitrogens with one attached hydrogen (secondary N) is 1. The third kappa shape index (κ3) is 4.51. The molecular weight excluding hydrogens is 340 g/mol. The molecule has 0 aliphatic carbocycles. The smallest absolute Gasteiger partial charge is 0.276 e. The quantitative estimate of drug-likeness (QED) is 0.442. The molecule has 0 radical (unpaired) electrons. The first-order valence-corrected chi connectivity index (χ1v) is 9.18. The van der Waals surface area contributed by atoms with Gasteiger partial charge in [-0.15, -0.1) is 0 Å². The third-order valence-corrected chi connectivity index (χ3v) is 4.96. The Morgan fingerprint density at radius 2 is 1.64 bits per heavy atom. The van der Waals surface area contributed by atoms with Gasteiger partial charge < -0.3 is 10.2 Å². The normalized spacial score (nSPS) is 12.9. The molecule has 6 nitrogen and oxygen atoms in total. The number of rotatable bonds is 4. The van der Waals surface area contributed by atoms with Crippen molar-refractivity contribution in [2.75, 3.05) is 0 Å². The van der Waals surface area contributed by atoms with E-state index in [1.807, 2.05) is 20.8 Å². The van der Waals surface area contributed by atoms with E-state index in [2.05, 4.69) is 9.93 Å². The second-order valence-corrected chi connectivity index (χ2v) is 8.43. The molecule has 2 aromatic carbocycles. The van der Waals surface area contributed by atoms with E-state index in [9.17, 15) is 18.6 Å². The van der Waals surface area contributed by atoms with Crippen LogP contribution in [0.1, 0.15) is 38.8 Å². The minimum atomic E-state index is -3.83. The molecule has 134 valence electrons. The van der Waals surface area contributed by atoms with Crippen LogP contribution in [0.2, 0.25) is 0 Å². The van der Waals surface area contributed by atoms with Gasteiger partial charge in [-0.25, -0.2) is 0 Å². The number of benzene rings is 2. The van der Waals surface area contributed by atoms with Gasteiger partial charge >= 0.3 is 0 Å². The first-order chi connectivity index (χ1) is 11.5. The maximum Gasteiger partial charge on any atom is 0.276 e. The van der Waals surface area contributed by atoms with Crippen LogP contribution in [0.3, 0.4) is 0 Å². The SMILES string of the molecule is CC(=NNS(=O)(=O)c1ccc(C(C)(C)C)cc1)c1cc(O)ccc1O. The van der Waals surface area contributed by atoms with Gasteiger partial charge in [0, 0.05) is 5.56 Å². The van der Waals surface area contributed by atoms with Gasteiger partial charge in [0.1, 0.15) is 11.5 Å². The van der Waals surface area contributed by atoms with E-state index in [-0.39, 0.29) is 33.1 Å². The highest BCUT2D eigenvalue weighted by Gasteiger charge is 2.17. The molecule has 25 heavy (non-hydrogen) atoms. The standard InChI is InChI=1S/C18H22N2O4S/c1-12(16-11-14(21)7-10-17(16)22)19-20-25(23,24)15-8-5-13(6-9-15)18(2,3)4/h5-11,20-22H,1-4H3. The Bertz CT molecular complexity index is 896. The molecule has 0 bridgehead atoms. The molecule has 0 spiro atoms. The minimum Gasteiger partial charge on any atom is -0.508 e. The van der Waals surface area contributed by atoms with Crippen LogP contribution in [-0.4, -0.2) is 24.3 Å². The van der Waals surface area contributed by atoms with Crippen molar-refractivity contribution >= 4 is 15.7 Å². The molecule has 0 heterocycles. The van der Waals surface area contributed by atoms with Crippen molar-refractivity contribution in [2.45, 2.75) is 38.0 Å². The Balaban J connectivity index is 2.25. The van der Waals surface area contributed by atoms with E-state index < -0.39 is 10.0 Å². The highest BCUT2D eigenvalue weighted by molar-refractivity contribution is 7.89. The molecule has 3 N–H and O–H groups in total. The fraction of sp³-hybridized carbons (Fsp3) is 0.278. The molecule has 0 saturated heterocycles. The van der Waals surface area contributed by atoms with Crippen LogP contribution in [0.4, 0.5) is 0 Å². The molecule has 0 aliphatic heterocycles. The van der Waals surface area contributed by atoms with Crippen LogP contribution < -0.4 is 4.83 Å². The lowest BCUT2D eigenvalue weighted by Crippen LogP contribution is -2.20. The number of nitrogens with zero attached hydrogens (tertiary/aromatic N) is 1. The second-order valence-electron chi connectivity index (χ2n) is 6.77. The fourth-order valence-corrected chi connectivity index (χ4v) is 3.05. The number of aromatic hydroxyl groups is 2. The summed E-state index contributed by atoms with van der Waals surface area (Å²) in [5, 5.41) is 23.1. The number of hydrogen-bond acceptors (Lipinski definition) is 5. The first-order valence-electron chi connectivity index (χ1n) is 7.70. The average Bonchev–Trinajstić information content (AvgIpc) is 2.54. The second kappa shape index (κ2) is 6.76. The Labute approximate surface area is 147 Å². The van der Waals surface area contributed by atoms with Gasteiger partial charge in [-0.2, -0.15) is 18.4 Å². The van der Waals surface area contributed by atoms with E-state index in [0.717, 1.165) is 5.56 Å². The summed E-state index contributed by atoms with van der Waals surface area (Å²) >= 11 is 0. The fourth-order valence-electron chi connectivity index (χ4n) is 2.19. The molecule has 2 rings (SSSR count). The van der Waals surface area contributed by atoms with Gasteiger partial charge in [0.2, 0.25) is 0 Å². The lowest BCUT2D eigenvalue weighted by molar-refractivity contribution is 0.459. The molecule has 0 aliphatic rings. The highest BCUT2D eigenvalue weighted by atomic mass is 32.2. The van der Waals surface area contributed by atoms with Crippen molar-refractivity contribution < 1.29 is 18.6 Å². The summed E-state index contributed by atoms with van der Waals surface area (Å²) in [5.74, 6) is -0.157. The van der Waals surface area contributed by atoms with Crippen LogP contribution in [0, 0.1) is 0 Å². The van der Waals surface area contributed by atoms with Gasteiger partial charge in [0.05, 0.1) is 10.6 Å². The van der Waals surface area contributed by atoms with Gasteiger partial charge in [-0.1, -0.05) is 32.9 Å². The Kier molecular flexibility index (Phi) is 5.08. The van der Waals surface area contributed by atoms with Crippen molar-refractivity contribution in [3.8, 4) is 11.5 Å². The zero-order valence-electron chi connectivity index (χ0n) is 14.6. The summed E-state index contributed by atoms with van der Waals surface area (Å²) in [5.41, 5.74) is 1.42. The number of hydrazone groups is 1. The van der Waals surface area contributed by atoms with Gasteiger partial charge in [0.25, 0.3) is 10.0 Å². The monoisotopic (exact) mass is 362 g/mol. The van der Waals surface area contributed by atoms with Gasteiger partial charge in [0.15, 0.2) is 0 Å². The first kappa shape index (κ1) is 18.8. The summed E-state index contributed by atoms with van der Waals surface area (Å²) < 4.78 is 24.7. The maximum absolute atomic E-state index is 12.4. The molecule has 2 aromatic rings. The molecule has 7 heteroatoms. The summed E-state index contributed by atoms with van der Waals surface area (Å²) in [7, 11) is -3.83. The maximum atomic E-state index is 12.4. The van der Waals surface area contributed by atoms with E-state index in [4.69, 9.17) is 0 Å². The summed E-state index contributed by atoms with van der Waals surface area (Å²) in [6.45, 7) is 7.66. The molecule has 0 atom stereocenters. The number of phenolic OH excluding ortho intramolecular Hbond substituents is 2. The van der Waals surface area contributed by atoms with E-state index in [1.165, 1.54) is 37.3 Å². The number of sulfonamides is 1. The molecular formula is C18H22N2O4S. The predicted molar refractivity (Wildman–Crippen MR) is 97.4 cm³/mol. The van der Waals surface area contributed by atoms with Gasteiger partial charge in [-0.3, -0.25) is 0 Å². The zero-order valence-corrected chi connectivity index (χ0v) is 15.4. The van der Waals surface area contributed by atoms with Crippen LogP contribution in [0.5, 0.6) is 11.5 Å². The Morgan fingerprint density at radius 1 is 1.04 bits per heavy atom. The van der Waals surface area contributed by atoms with Crippen LogP contribution >= 0.6 is 0 Å². The lowest BCUT2D eigenvalue weighted by atomic mass is 9.87. The summed E-state index contributed by atoms with van der Waals surface area (Å²) in [6.07, 6.45) is 0. The van der Waals surface area contributed by atoms with Crippen molar-refractivity contribution in [1.29, 1.82) is 0 Å². The molecule has 0 aromatic heterocycles. The molecule has 0 unspecified atom stereocenters. The number of hydrogen-bond donors (Lipinski definition) is 3. The van der Waals surface area contributed by atoms with Crippen LogP contribution in [-0.2, 0) is 15.4 Å². The lowest BCUT2D eigenvalue weighted by Gasteiger charge is -2.19. The molecule has 0 fully saturated rings. The number of phenols is 2. The topological polar surface area (TPSA) is 99.0 Å². The molecule has 0 saturated carbocycles. The van der Waals surface area contributed by atoms with E-state index >= 15 is 0 Å². The van der Waals surface area contributed by atoms with E-state index in [0.29, 0.717) is 0 Å². The van der Waals surface area contributed by atoms with Crippen LogP contribution in [0.15, 0.2) is 52.5 Å². The largest absolute Gasteiger partial charge is 0.508 e. The van der Waals surface area contributed by atoms with Gasteiger partial charge in [-0.05, 0) is 48.2 Å². The van der Waals surface area contributed by atoms with Crippen molar-refractivity contribution in [3.63, 3.8) is 0 Å². The van der Waals surface area contributed by atoms with Crippen molar-refractivity contribution in [3.05, 3.63) is 53.6 Å². The molecule has 0 amide bonds. The minimum absolute atomic E-state index is 0.0528. The van der Waals surface area contributed by atoms with Crippen molar-refractivity contribution in [2.24, 2.45) is 5.10 Å². The Morgan fingerprint density at radius 3 is 2.20 bits per heavy atom. The van der Waals surface area contributed by atoms with E-state index in [1.54, 1.807) is 12.1 Å². The van der Waals surface area contributed by atoms with Crippen molar-refractivity contribution in [1.82, 2.24) is 4.83 Å². The average molecular weight is 362 g/mol. The zero-order chi connectivity index (χ0) is 18.8. The highest BCUT2D eigenvalue weighted by Crippen LogP contribution is 2.24. The summed E-state index contributed by atoms with van der Waals surface area (Å²) in [6, 6.07) is 10.5. The predicted octanol–water partition coefficient (Wildman–Crippen LogP) is 3.10.